The molecule has 13 heteroatoms. The van der Waals surface area contributed by atoms with Gasteiger partial charge >= 0.3 is 12.1 Å². The Bertz CT molecular complexity index is 1430. The number of oxazole rings is 1. The highest BCUT2D eigenvalue weighted by Crippen LogP contribution is 2.31. The summed E-state index contributed by atoms with van der Waals surface area (Å²) in [6.45, 7) is 3.29. The fourth-order valence-electron chi connectivity index (χ4n) is 3.80. The van der Waals surface area contributed by atoms with Crippen LogP contribution >= 0.6 is 0 Å². The molecule has 0 spiro atoms. The van der Waals surface area contributed by atoms with Gasteiger partial charge in [0.2, 0.25) is 5.89 Å². The van der Waals surface area contributed by atoms with Gasteiger partial charge < -0.3 is 23.8 Å². The zero-order chi connectivity index (χ0) is 27.4. The Morgan fingerprint density at radius 3 is 2.42 bits per heavy atom. The highest BCUT2D eigenvalue weighted by molar-refractivity contribution is 6.00. The van der Waals surface area contributed by atoms with E-state index in [2.05, 4.69) is 22.1 Å². The molecule has 1 aliphatic heterocycles. The molecule has 1 N–H and O–H groups in total. The highest BCUT2D eigenvalue weighted by atomic mass is 19.4. The lowest BCUT2D eigenvalue weighted by molar-refractivity contribution is -0.192. The maximum Gasteiger partial charge on any atom is 0.490 e. The molecule has 1 fully saturated rings. The number of aromatic nitrogens is 2. The van der Waals surface area contributed by atoms with Crippen LogP contribution in [-0.2, 0) is 4.79 Å². The number of nitrogens with zero attached hydrogens (tertiary/aromatic N) is 4. The number of aliphatic carboxylic acids is 1. The van der Waals surface area contributed by atoms with Crippen molar-refractivity contribution in [1.29, 1.82) is 0 Å². The second-order valence-electron chi connectivity index (χ2n) is 8.54. The van der Waals surface area contributed by atoms with Crippen LogP contribution in [-0.4, -0.2) is 76.3 Å². The van der Waals surface area contributed by atoms with Crippen LogP contribution in [0.15, 0.2) is 57.7 Å². The van der Waals surface area contributed by atoms with Gasteiger partial charge in [0.05, 0.1) is 5.39 Å². The third-order valence-corrected chi connectivity index (χ3v) is 5.80. The molecule has 0 aliphatic carbocycles. The van der Waals surface area contributed by atoms with Crippen LogP contribution in [0.25, 0.3) is 33.8 Å². The first-order valence-corrected chi connectivity index (χ1v) is 11.4. The summed E-state index contributed by atoms with van der Waals surface area (Å²) in [7, 11) is 2.07. The summed E-state index contributed by atoms with van der Waals surface area (Å²) in [6, 6.07) is 11.2. The van der Waals surface area contributed by atoms with Gasteiger partial charge in [-0.25, -0.2) is 14.2 Å². The van der Waals surface area contributed by atoms with E-state index in [1.54, 1.807) is 30.3 Å². The monoisotopic (exact) mass is 534 g/mol. The van der Waals surface area contributed by atoms with Crippen molar-refractivity contribution in [3.05, 3.63) is 60.1 Å². The van der Waals surface area contributed by atoms with Crippen molar-refractivity contribution in [1.82, 2.24) is 19.9 Å². The molecular weight excluding hydrogens is 512 g/mol. The van der Waals surface area contributed by atoms with Gasteiger partial charge in [-0.3, -0.25) is 4.79 Å². The number of benzene rings is 2. The summed E-state index contributed by atoms with van der Waals surface area (Å²) >= 11 is 0. The fraction of sp³-hybridized carbons (Fsp3) is 0.280. The molecule has 0 saturated carbocycles. The van der Waals surface area contributed by atoms with Crippen LogP contribution in [0, 0.1) is 5.82 Å². The van der Waals surface area contributed by atoms with Gasteiger partial charge in [0, 0.05) is 30.8 Å². The molecule has 1 aliphatic rings. The van der Waals surface area contributed by atoms with E-state index >= 15 is 0 Å². The first kappa shape index (κ1) is 26.8. The van der Waals surface area contributed by atoms with Gasteiger partial charge in [0.1, 0.15) is 23.5 Å². The Hall–Kier alpha value is -4.26. The van der Waals surface area contributed by atoms with E-state index in [4.69, 9.17) is 18.8 Å². The number of hydrogen-bond acceptors (Lipinski definition) is 7. The van der Waals surface area contributed by atoms with Crippen LogP contribution < -0.4 is 0 Å². The minimum atomic E-state index is -5.08. The predicted molar refractivity (Wildman–Crippen MR) is 127 cm³/mol. The number of carbonyl (C=O) groups is 2. The van der Waals surface area contributed by atoms with Gasteiger partial charge in [0.15, 0.2) is 5.58 Å². The van der Waals surface area contributed by atoms with E-state index in [1.807, 2.05) is 4.90 Å². The molecule has 2 aromatic heterocycles. The molecule has 38 heavy (non-hydrogen) atoms. The first-order valence-electron chi connectivity index (χ1n) is 11.4. The largest absolute Gasteiger partial charge is 0.490 e. The molecule has 0 bridgehead atoms. The van der Waals surface area contributed by atoms with E-state index < -0.39 is 12.1 Å². The number of likely N-dealkylation sites (N-methyl/N-ethyl adjacent to an activating group) is 1. The van der Waals surface area contributed by atoms with E-state index in [-0.39, 0.29) is 11.7 Å². The summed E-state index contributed by atoms with van der Waals surface area (Å²) in [6.07, 6.45) is -2.65. The second kappa shape index (κ2) is 11.0. The molecule has 200 valence electrons. The van der Waals surface area contributed by atoms with Crippen molar-refractivity contribution in [3.63, 3.8) is 0 Å². The zero-order valence-corrected chi connectivity index (χ0v) is 20.0. The van der Waals surface area contributed by atoms with Crippen LogP contribution in [0.5, 0.6) is 0 Å². The number of carboxylic acid groups (broad SMARTS) is 1. The molecule has 1 saturated heterocycles. The Balaban J connectivity index is 0.000000426. The smallest absolute Gasteiger partial charge is 0.475 e. The number of halogens is 4. The number of carboxylic acids is 1. The number of carbonyl (C=O) groups excluding carboxylic acids is 1. The van der Waals surface area contributed by atoms with Crippen molar-refractivity contribution in [2.24, 2.45) is 0 Å². The molecule has 3 heterocycles. The Morgan fingerprint density at radius 2 is 1.74 bits per heavy atom. The van der Waals surface area contributed by atoms with E-state index in [0.29, 0.717) is 45.9 Å². The van der Waals surface area contributed by atoms with Crippen molar-refractivity contribution >= 4 is 22.8 Å². The minimum Gasteiger partial charge on any atom is -0.475 e. The quantitative estimate of drug-likeness (QED) is 0.377. The van der Waals surface area contributed by atoms with Crippen molar-refractivity contribution in [3.8, 4) is 22.8 Å². The molecule has 1 amide bonds. The Morgan fingerprint density at radius 1 is 1.03 bits per heavy atom. The maximum atomic E-state index is 13.2. The van der Waals surface area contributed by atoms with Gasteiger partial charge in [-0.15, -0.1) is 0 Å². The zero-order valence-electron chi connectivity index (χ0n) is 20.0. The second-order valence-corrected chi connectivity index (χ2v) is 8.54. The van der Waals surface area contributed by atoms with Crippen LogP contribution in [0.3, 0.4) is 0 Å². The first-order chi connectivity index (χ1) is 18.0. The van der Waals surface area contributed by atoms with Crippen molar-refractivity contribution in [2.45, 2.75) is 12.6 Å². The molecule has 0 unspecified atom stereocenters. The third-order valence-electron chi connectivity index (χ3n) is 5.80. The molecule has 0 radical (unpaired) electrons. The summed E-state index contributed by atoms with van der Waals surface area (Å²) in [5.74, 6) is -2.73. The predicted octanol–water partition coefficient (Wildman–Crippen LogP) is 4.70. The number of alkyl halides is 3. The summed E-state index contributed by atoms with van der Waals surface area (Å²) < 4.78 is 55.9. The number of hydrogen-bond donors (Lipinski definition) is 1. The van der Waals surface area contributed by atoms with Gasteiger partial charge in [-0.05, 0) is 62.5 Å². The summed E-state index contributed by atoms with van der Waals surface area (Å²) in [4.78, 5) is 30.6. The Labute approximate surface area is 213 Å². The van der Waals surface area contributed by atoms with Gasteiger partial charge in [0.25, 0.3) is 5.91 Å². The van der Waals surface area contributed by atoms with Gasteiger partial charge in [-0.1, -0.05) is 5.16 Å². The average Bonchev–Trinajstić information content (AvgIpc) is 3.47. The topological polar surface area (TPSA) is 113 Å². The normalized spacial score (nSPS) is 14.6. The highest BCUT2D eigenvalue weighted by Gasteiger charge is 2.38. The number of fused-ring (bicyclic) bond motifs is 1. The number of amides is 1. The summed E-state index contributed by atoms with van der Waals surface area (Å²) in [5.41, 5.74) is 2.79. The molecule has 5 rings (SSSR count). The lowest BCUT2D eigenvalue weighted by Crippen LogP contribution is -2.34. The van der Waals surface area contributed by atoms with Crippen molar-refractivity contribution < 1.29 is 41.2 Å². The average molecular weight is 534 g/mol. The molecule has 2 aromatic carbocycles. The van der Waals surface area contributed by atoms with Crippen LogP contribution in [0.1, 0.15) is 16.8 Å². The maximum absolute atomic E-state index is 13.2. The minimum absolute atomic E-state index is 0.00324. The van der Waals surface area contributed by atoms with E-state index in [0.717, 1.165) is 26.1 Å². The standard InChI is InChI=1S/C23H21FN4O3.C2HF3O2/c1-27-9-2-10-28(12-11-27)23(29)16-5-8-20-18(13-16)21(26-31-20)19-14-30-22(25-19)15-3-6-17(24)7-4-15;3-2(4,5)1(6)7/h3-8,13-14H,2,9-12H2,1H3;(H,6,7). The molecule has 4 aromatic rings. The lowest BCUT2D eigenvalue weighted by atomic mass is 10.1. The fourth-order valence-corrected chi connectivity index (χ4v) is 3.80. The SMILES string of the molecule is CN1CCCN(C(=O)c2ccc3onc(-c4coc(-c5ccc(F)cc5)n4)c3c2)CC1.O=C(O)C(F)(F)F. The Kier molecular flexibility index (Phi) is 7.76. The molecule has 9 nitrogen and oxygen atoms in total. The lowest BCUT2D eigenvalue weighted by Gasteiger charge is -2.20. The summed E-state index contributed by atoms with van der Waals surface area (Å²) in [5, 5.41) is 12.0. The van der Waals surface area contributed by atoms with E-state index in [1.165, 1.54) is 18.4 Å². The molecule has 0 atom stereocenters. The van der Waals surface area contributed by atoms with Crippen LogP contribution in [0.4, 0.5) is 17.6 Å². The molecular formula is C25H22F4N4O5. The van der Waals surface area contributed by atoms with E-state index in [9.17, 15) is 22.4 Å². The number of rotatable bonds is 3. The van der Waals surface area contributed by atoms with Crippen LogP contribution in [0.2, 0.25) is 0 Å². The van der Waals surface area contributed by atoms with Gasteiger partial charge in [-0.2, -0.15) is 13.2 Å². The van der Waals surface area contributed by atoms with Crippen molar-refractivity contribution in [2.75, 3.05) is 33.2 Å². The third kappa shape index (κ3) is 6.17.